The molecule has 0 spiro atoms. The van der Waals surface area contributed by atoms with E-state index in [9.17, 15) is 14.7 Å². The van der Waals surface area contributed by atoms with Crippen molar-refractivity contribution in [3.63, 3.8) is 0 Å². The molecule has 2 amide bonds. The minimum absolute atomic E-state index is 0.0340. The number of carbonyl (C=O) groups excluding carboxylic acids is 2. The van der Waals surface area contributed by atoms with Crippen LogP contribution in [0.1, 0.15) is 31.0 Å². The lowest BCUT2D eigenvalue weighted by Crippen LogP contribution is -2.44. The number of aromatic nitrogens is 3. The second kappa shape index (κ2) is 8.24. The molecule has 1 fully saturated rings. The normalized spacial score (nSPS) is 21.7. The smallest absolute Gasteiger partial charge is 0.264 e. The molecule has 0 radical (unpaired) electrons. The molecule has 1 aromatic heterocycles. The Morgan fingerprint density at radius 2 is 2.13 bits per heavy atom. The molecule has 4 rings (SSSR count). The van der Waals surface area contributed by atoms with Crippen LogP contribution in [-0.4, -0.2) is 57.2 Å². The third-order valence-electron chi connectivity index (χ3n) is 6.11. The van der Waals surface area contributed by atoms with Crippen molar-refractivity contribution >= 4 is 23.2 Å². The van der Waals surface area contributed by atoms with E-state index in [1.165, 1.54) is 4.90 Å². The van der Waals surface area contributed by atoms with E-state index >= 15 is 0 Å². The first kappa shape index (κ1) is 21.2. The summed E-state index contributed by atoms with van der Waals surface area (Å²) in [5.41, 5.74) is 0.939. The Balaban J connectivity index is 1.49. The molecule has 2 N–H and O–H groups in total. The van der Waals surface area contributed by atoms with E-state index in [4.69, 9.17) is 5.11 Å². The number of likely N-dealkylation sites (N-methyl/N-ethyl adjacent to an activating group) is 1. The summed E-state index contributed by atoms with van der Waals surface area (Å²) in [5.74, 6) is -0.798. The fraction of sp³-hybridized carbons (Fsp3) is 0.455. The minimum Gasteiger partial charge on any atom is -0.396 e. The number of aliphatic hydroxyl groups is 2. The van der Waals surface area contributed by atoms with Gasteiger partial charge < -0.3 is 20.0 Å². The van der Waals surface area contributed by atoms with Crippen LogP contribution < -0.4 is 9.80 Å². The maximum atomic E-state index is 13.0. The number of nitrogens with zero attached hydrogens (tertiary/aromatic N) is 5. The van der Waals surface area contributed by atoms with Crippen molar-refractivity contribution in [1.82, 2.24) is 15.0 Å². The van der Waals surface area contributed by atoms with Gasteiger partial charge in [0.1, 0.15) is 0 Å². The number of carbonyl (C=O) groups is 2. The highest BCUT2D eigenvalue weighted by Crippen LogP contribution is 2.46. The summed E-state index contributed by atoms with van der Waals surface area (Å²) in [5, 5.41) is 28.5. The van der Waals surface area contributed by atoms with Gasteiger partial charge in [0.25, 0.3) is 5.91 Å². The Morgan fingerprint density at radius 1 is 1.32 bits per heavy atom. The van der Waals surface area contributed by atoms with Crippen LogP contribution in [0.15, 0.2) is 36.5 Å². The maximum Gasteiger partial charge on any atom is 0.264 e. The first-order valence-corrected chi connectivity index (χ1v) is 10.5. The van der Waals surface area contributed by atoms with E-state index in [1.807, 2.05) is 25.1 Å². The van der Waals surface area contributed by atoms with Crippen molar-refractivity contribution in [2.45, 2.75) is 38.3 Å². The van der Waals surface area contributed by atoms with Gasteiger partial charge in [-0.15, -0.1) is 5.10 Å². The van der Waals surface area contributed by atoms with Gasteiger partial charge in [-0.1, -0.05) is 24.3 Å². The van der Waals surface area contributed by atoms with Gasteiger partial charge >= 0.3 is 0 Å². The Kier molecular flexibility index (Phi) is 5.63. The number of hydrogen-bond donors (Lipinski definition) is 2. The number of β-lactam (4-membered cyclic amide) rings is 1. The molecule has 0 bridgehead atoms. The lowest BCUT2D eigenvalue weighted by atomic mass is 9.82. The molecule has 0 saturated carbocycles. The van der Waals surface area contributed by atoms with E-state index in [0.717, 1.165) is 5.69 Å². The fourth-order valence-corrected chi connectivity index (χ4v) is 4.12. The van der Waals surface area contributed by atoms with E-state index < -0.39 is 11.5 Å². The molecule has 1 saturated heterocycles. The number of aliphatic hydroxyl groups excluding tert-OH is 1. The minimum atomic E-state index is -1.69. The third-order valence-corrected chi connectivity index (χ3v) is 6.11. The summed E-state index contributed by atoms with van der Waals surface area (Å²) >= 11 is 0. The number of hydrogen-bond acceptors (Lipinski definition) is 6. The fourth-order valence-electron chi connectivity index (χ4n) is 4.12. The number of aryl methyl sites for hydroxylation is 1. The van der Waals surface area contributed by atoms with Crippen LogP contribution in [0, 0.1) is 5.92 Å². The van der Waals surface area contributed by atoms with Gasteiger partial charge in [-0.05, 0) is 24.6 Å². The van der Waals surface area contributed by atoms with Crippen LogP contribution in [0.5, 0.6) is 0 Å². The standard InChI is InChI=1S/C22H27N5O4/c1-15(5-3-4-10-26-14-16(9-12-28)23-24-26)22(31)18-13-17(27-11-8-20(27)29)6-7-19(18)25(2)21(22)30/h3,5-7,13-15,28,31H,4,8-12H2,1-2H3/b5-3+/t15-,22+/m0/s1. The van der Waals surface area contributed by atoms with Gasteiger partial charge in [0.05, 0.1) is 11.4 Å². The van der Waals surface area contributed by atoms with Crippen molar-refractivity contribution in [3.05, 3.63) is 47.8 Å². The predicted molar refractivity (Wildman–Crippen MR) is 114 cm³/mol. The zero-order chi connectivity index (χ0) is 22.2. The van der Waals surface area contributed by atoms with Crippen molar-refractivity contribution in [2.75, 3.05) is 30.0 Å². The summed E-state index contributed by atoms with van der Waals surface area (Å²) < 4.78 is 1.70. The molecule has 0 unspecified atom stereocenters. The zero-order valence-electron chi connectivity index (χ0n) is 17.7. The van der Waals surface area contributed by atoms with Gasteiger partial charge in [0.2, 0.25) is 5.91 Å². The maximum absolute atomic E-state index is 13.0. The second-order valence-electron chi connectivity index (χ2n) is 8.08. The lowest BCUT2D eigenvalue weighted by Gasteiger charge is -2.32. The van der Waals surface area contributed by atoms with Crippen LogP contribution in [0.2, 0.25) is 0 Å². The van der Waals surface area contributed by atoms with Crippen LogP contribution in [0.3, 0.4) is 0 Å². The molecule has 2 aromatic rings. The quantitative estimate of drug-likeness (QED) is 0.482. The number of fused-ring (bicyclic) bond motifs is 1. The first-order valence-electron chi connectivity index (χ1n) is 10.5. The Labute approximate surface area is 180 Å². The van der Waals surface area contributed by atoms with Gasteiger partial charge in [-0.3, -0.25) is 14.3 Å². The van der Waals surface area contributed by atoms with E-state index in [-0.39, 0.29) is 18.4 Å². The Morgan fingerprint density at radius 3 is 2.81 bits per heavy atom. The summed E-state index contributed by atoms with van der Waals surface area (Å²) in [6.07, 6.45) is 7.21. The molecule has 31 heavy (non-hydrogen) atoms. The van der Waals surface area contributed by atoms with Crippen molar-refractivity contribution in [3.8, 4) is 0 Å². The Bertz CT molecular complexity index is 1030. The average molecular weight is 425 g/mol. The van der Waals surface area contributed by atoms with Crippen LogP contribution in [-0.2, 0) is 28.2 Å². The highest BCUT2D eigenvalue weighted by molar-refractivity contribution is 6.08. The van der Waals surface area contributed by atoms with E-state index in [2.05, 4.69) is 10.3 Å². The van der Waals surface area contributed by atoms with E-state index in [1.54, 1.807) is 35.0 Å². The number of allylic oxidation sites excluding steroid dienone is 1. The summed E-state index contributed by atoms with van der Waals surface area (Å²) in [6, 6.07) is 5.36. The molecular formula is C22H27N5O4. The molecule has 0 aliphatic carbocycles. The molecule has 1 aromatic carbocycles. The van der Waals surface area contributed by atoms with Crippen molar-refractivity contribution < 1.29 is 19.8 Å². The molecule has 9 heteroatoms. The van der Waals surface area contributed by atoms with Crippen LogP contribution in [0.25, 0.3) is 0 Å². The van der Waals surface area contributed by atoms with Crippen molar-refractivity contribution in [1.29, 1.82) is 0 Å². The van der Waals surface area contributed by atoms with Gasteiger partial charge in [0, 0.05) is 63.0 Å². The third kappa shape index (κ3) is 3.64. The SMILES string of the molecule is C[C@@H](/C=C/CCn1cc(CCO)nn1)[C@]1(O)C(=O)N(C)c2ccc(N3CCC3=O)cc21. The number of rotatable bonds is 8. The summed E-state index contributed by atoms with van der Waals surface area (Å²) in [6.45, 7) is 3.10. The van der Waals surface area contributed by atoms with Crippen LogP contribution >= 0.6 is 0 Å². The monoisotopic (exact) mass is 425 g/mol. The highest BCUT2D eigenvalue weighted by atomic mass is 16.3. The zero-order valence-corrected chi connectivity index (χ0v) is 17.7. The molecule has 164 valence electrons. The van der Waals surface area contributed by atoms with Crippen LogP contribution in [0.4, 0.5) is 11.4 Å². The van der Waals surface area contributed by atoms with Gasteiger partial charge in [0.15, 0.2) is 5.60 Å². The highest BCUT2D eigenvalue weighted by Gasteiger charge is 2.51. The number of benzene rings is 1. The first-order chi connectivity index (χ1) is 14.9. The lowest BCUT2D eigenvalue weighted by molar-refractivity contribution is -0.139. The van der Waals surface area contributed by atoms with Crippen molar-refractivity contribution in [2.24, 2.45) is 5.92 Å². The van der Waals surface area contributed by atoms with Gasteiger partial charge in [-0.2, -0.15) is 0 Å². The average Bonchev–Trinajstić information content (AvgIpc) is 3.28. The summed E-state index contributed by atoms with van der Waals surface area (Å²) in [4.78, 5) is 28.0. The second-order valence-corrected chi connectivity index (χ2v) is 8.08. The largest absolute Gasteiger partial charge is 0.396 e. The van der Waals surface area contributed by atoms with Gasteiger partial charge in [-0.25, -0.2) is 0 Å². The van der Waals surface area contributed by atoms with E-state index in [0.29, 0.717) is 49.3 Å². The number of amides is 2. The molecule has 2 aliphatic rings. The Hall–Kier alpha value is -3.04. The molecule has 2 aliphatic heterocycles. The molecule has 3 heterocycles. The topological polar surface area (TPSA) is 112 Å². The summed E-state index contributed by atoms with van der Waals surface area (Å²) in [7, 11) is 1.65. The molecule has 9 nitrogen and oxygen atoms in total. The predicted octanol–water partition coefficient (Wildman–Crippen LogP) is 0.996. The molecular weight excluding hydrogens is 398 g/mol. The number of anilines is 2. The molecule has 2 atom stereocenters.